The smallest absolute Gasteiger partial charge is 0.340 e. The van der Waals surface area contributed by atoms with Gasteiger partial charge in [-0.05, 0) is 24.6 Å². The number of aryl methyl sites for hydroxylation is 1. The van der Waals surface area contributed by atoms with Crippen LogP contribution in [0.4, 0.5) is 17.4 Å². The summed E-state index contributed by atoms with van der Waals surface area (Å²) in [5.74, 6) is -2.02. The highest BCUT2D eigenvalue weighted by Crippen LogP contribution is 2.28. The second kappa shape index (κ2) is 6.54. The zero-order chi connectivity index (χ0) is 17.0. The average molecular weight is 340 g/mol. The minimum atomic E-state index is -4.24. The van der Waals surface area contributed by atoms with Gasteiger partial charge in [0, 0.05) is 5.69 Å². The Labute approximate surface area is 130 Å². The van der Waals surface area contributed by atoms with Gasteiger partial charge in [-0.15, -0.1) is 5.11 Å². The number of carboxylic acid groups (broad SMARTS) is 1. The first-order valence-electron chi connectivity index (χ1n) is 6.14. The van der Waals surface area contributed by atoms with Crippen LogP contribution in [0.15, 0.2) is 39.2 Å². The van der Waals surface area contributed by atoms with Gasteiger partial charge in [0.05, 0.1) is 11.8 Å². The van der Waals surface area contributed by atoms with E-state index in [2.05, 4.69) is 20.5 Å². The molecule has 0 aliphatic carbocycles. The van der Waals surface area contributed by atoms with Gasteiger partial charge in [-0.3, -0.25) is 4.55 Å². The fraction of sp³-hybridized carbons (Fsp3) is 0.167. The second-order valence-corrected chi connectivity index (χ2v) is 5.86. The summed E-state index contributed by atoms with van der Waals surface area (Å²) in [7, 11) is -4.24. The van der Waals surface area contributed by atoms with Crippen LogP contribution in [0.5, 0.6) is 0 Å². The van der Waals surface area contributed by atoms with Gasteiger partial charge in [0.15, 0.2) is 0 Å². The number of rotatable bonds is 6. The number of aromatic carboxylic acids is 1. The number of nitrogens with one attached hydrogen (secondary N) is 1. The van der Waals surface area contributed by atoms with Crippen molar-refractivity contribution in [1.82, 2.24) is 4.98 Å². The van der Waals surface area contributed by atoms with Gasteiger partial charge >= 0.3 is 12.0 Å². The number of benzene rings is 1. The van der Waals surface area contributed by atoms with E-state index in [1.165, 1.54) is 24.6 Å². The molecule has 122 valence electrons. The highest BCUT2D eigenvalue weighted by Gasteiger charge is 2.15. The second-order valence-electron chi connectivity index (χ2n) is 4.41. The van der Waals surface area contributed by atoms with E-state index in [1.807, 2.05) is 0 Å². The molecule has 0 saturated carbocycles. The van der Waals surface area contributed by atoms with Gasteiger partial charge in [0.25, 0.3) is 10.1 Å². The number of nitrogens with zero attached hydrogens (tertiary/aromatic N) is 3. The van der Waals surface area contributed by atoms with Crippen LogP contribution in [0.1, 0.15) is 15.9 Å². The first-order valence-corrected chi connectivity index (χ1v) is 7.75. The maximum absolute atomic E-state index is 11.3. The van der Waals surface area contributed by atoms with Crippen LogP contribution < -0.4 is 5.32 Å². The Morgan fingerprint density at radius 1 is 1.39 bits per heavy atom. The predicted molar refractivity (Wildman–Crippen MR) is 78.9 cm³/mol. The monoisotopic (exact) mass is 340 g/mol. The zero-order valence-electron chi connectivity index (χ0n) is 11.8. The lowest BCUT2D eigenvalue weighted by Gasteiger charge is -2.10. The first kappa shape index (κ1) is 16.6. The molecule has 2 rings (SSSR count). The minimum Gasteiger partial charge on any atom is -0.478 e. The largest absolute Gasteiger partial charge is 0.478 e. The standard InChI is InChI=1S/C12H12N4O6S/c1-7-4-10(15-16-12-13-2-3-22-12)8(11(17)18)5-9(7)14-6-23(19,20)21/h2-5,14H,6H2,1H3,(H,17,18)(H,19,20,21). The van der Waals surface area contributed by atoms with Crippen molar-refractivity contribution in [2.45, 2.75) is 6.92 Å². The van der Waals surface area contributed by atoms with Gasteiger partial charge in [0.2, 0.25) is 0 Å². The van der Waals surface area contributed by atoms with Gasteiger partial charge in [-0.2, -0.15) is 13.4 Å². The number of carboxylic acids is 1. The predicted octanol–water partition coefficient (Wildman–Crippen LogP) is 2.35. The molecule has 0 atom stereocenters. The third-order valence-electron chi connectivity index (χ3n) is 2.68. The zero-order valence-corrected chi connectivity index (χ0v) is 12.6. The molecule has 3 N–H and O–H groups in total. The molecule has 0 radical (unpaired) electrons. The van der Waals surface area contributed by atoms with E-state index in [9.17, 15) is 18.3 Å². The van der Waals surface area contributed by atoms with E-state index in [4.69, 9.17) is 8.97 Å². The maximum Gasteiger partial charge on any atom is 0.340 e. The minimum absolute atomic E-state index is 0.0347. The average Bonchev–Trinajstić information content (AvgIpc) is 2.95. The molecule has 0 aliphatic heterocycles. The van der Waals surface area contributed by atoms with Gasteiger partial charge in [-0.1, -0.05) is 5.11 Å². The van der Waals surface area contributed by atoms with Crippen LogP contribution in [0.3, 0.4) is 0 Å². The van der Waals surface area contributed by atoms with Crippen LogP contribution in [0, 0.1) is 6.92 Å². The Kier molecular flexibility index (Phi) is 4.71. The summed E-state index contributed by atoms with van der Waals surface area (Å²) in [6.07, 6.45) is 2.65. The van der Waals surface area contributed by atoms with Crippen molar-refractivity contribution >= 4 is 33.5 Å². The van der Waals surface area contributed by atoms with Gasteiger partial charge in [0.1, 0.15) is 17.8 Å². The summed E-state index contributed by atoms with van der Waals surface area (Å²) in [5.41, 5.74) is 0.587. The molecule has 0 spiro atoms. The number of carbonyl (C=O) groups is 1. The van der Waals surface area contributed by atoms with Crippen LogP contribution in [-0.4, -0.2) is 34.9 Å². The first-order chi connectivity index (χ1) is 10.8. The molecular formula is C12H12N4O6S. The van der Waals surface area contributed by atoms with Crippen LogP contribution in [-0.2, 0) is 10.1 Å². The summed E-state index contributed by atoms with van der Waals surface area (Å²) < 4.78 is 35.1. The molecule has 0 amide bonds. The molecular weight excluding hydrogens is 328 g/mol. The van der Waals surface area contributed by atoms with Gasteiger partial charge in [-0.25, -0.2) is 4.79 Å². The molecule has 1 aromatic heterocycles. The Hall–Kier alpha value is -2.79. The van der Waals surface area contributed by atoms with Crippen molar-refractivity contribution in [2.24, 2.45) is 10.2 Å². The molecule has 0 bridgehead atoms. The lowest BCUT2D eigenvalue weighted by atomic mass is 10.1. The van der Waals surface area contributed by atoms with Crippen molar-refractivity contribution in [2.75, 3.05) is 11.2 Å². The summed E-state index contributed by atoms with van der Waals surface area (Å²) in [5, 5.41) is 19.1. The number of oxazole rings is 1. The third kappa shape index (κ3) is 4.59. The van der Waals surface area contributed by atoms with E-state index in [-0.39, 0.29) is 23.0 Å². The summed E-state index contributed by atoms with van der Waals surface area (Å²) >= 11 is 0. The Morgan fingerprint density at radius 3 is 2.70 bits per heavy atom. The van der Waals surface area contributed by atoms with Crippen molar-refractivity contribution < 1.29 is 27.3 Å². The molecule has 0 unspecified atom stereocenters. The topological polar surface area (TPSA) is 154 Å². The molecule has 1 aromatic carbocycles. The normalized spacial score (nSPS) is 11.7. The molecule has 0 aliphatic rings. The SMILES string of the molecule is Cc1cc(N=Nc2ncco2)c(C(=O)O)cc1NCS(=O)(=O)O. The van der Waals surface area contributed by atoms with Crippen molar-refractivity contribution in [3.63, 3.8) is 0 Å². The van der Waals surface area contributed by atoms with Crippen molar-refractivity contribution in [3.8, 4) is 0 Å². The van der Waals surface area contributed by atoms with Crippen molar-refractivity contribution in [1.29, 1.82) is 0 Å². The van der Waals surface area contributed by atoms with Crippen LogP contribution >= 0.6 is 0 Å². The van der Waals surface area contributed by atoms with Gasteiger partial charge < -0.3 is 14.8 Å². The highest BCUT2D eigenvalue weighted by molar-refractivity contribution is 7.85. The fourth-order valence-electron chi connectivity index (χ4n) is 1.67. The van der Waals surface area contributed by atoms with E-state index >= 15 is 0 Å². The van der Waals surface area contributed by atoms with E-state index in [0.717, 1.165) is 0 Å². The summed E-state index contributed by atoms with van der Waals surface area (Å²) in [6.45, 7) is 1.61. The lowest BCUT2D eigenvalue weighted by molar-refractivity contribution is 0.0697. The maximum atomic E-state index is 11.3. The van der Waals surface area contributed by atoms with E-state index < -0.39 is 22.0 Å². The summed E-state index contributed by atoms with van der Waals surface area (Å²) in [4.78, 5) is 15.0. The van der Waals surface area contributed by atoms with Crippen molar-refractivity contribution in [3.05, 3.63) is 35.7 Å². The molecule has 0 fully saturated rings. The Balaban J connectivity index is 2.36. The lowest BCUT2D eigenvalue weighted by Crippen LogP contribution is -2.14. The Morgan fingerprint density at radius 2 is 2.13 bits per heavy atom. The number of hydrogen-bond acceptors (Lipinski definition) is 8. The molecule has 10 nitrogen and oxygen atoms in total. The number of anilines is 1. The van der Waals surface area contributed by atoms with E-state index in [0.29, 0.717) is 5.56 Å². The molecule has 11 heteroatoms. The third-order valence-corrected chi connectivity index (χ3v) is 3.19. The summed E-state index contributed by atoms with van der Waals surface area (Å²) in [6, 6.07) is 2.57. The molecule has 1 heterocycles. The molecule has 2 aromatic rings. The molecule has 0 saturated heterocycles. The highest BCUT2D eigenvalue weighted by atomic mass is 32.2. The number of aromatic nitrogens is 1. The molecule has 23 heavy (non-hydrogen) atoms. The number of hydrogen-bond donors (Lipinski definition) is 3. The van der Waals surface area contributed by atoms with E-state index in [1.54, 1.807) is 6.92 Å². The fourth-order valence-corrected chi connectivity index (χ4v) is 2.01. The van der Waals surface area contributed by atoms with Crippen LogP contribution in [0.25, 0.3) is 0 Å². The number of azo groups is 1. The Bertz CT molecular complexity index is 845. The quantitative estimate of drug-likeness (QED) is 0.534. The van der Waals surface area contributed by atoms with Crippen LogP contribution in [0.2, 0.25) is 0 Å².